The Kier molecular flexibility index (Phi) is 4.71. The molecule has 2 aromatic carbocycles. The van der Waals surface area contributed by atoms with Crippen LogP contribution in [-0.4, -0.2) is 13.7 Å². The molecule has 0 spiro atoms. The minimum Gasteiger partial charge on any atom is -0.497 e. The molecule has 0 saturated heterocycles. The zero-order valence-corrected chi connectivity index (χ0v) is 12.1. The van der Waals surface area contributed by atoms with Crippen LogP contribution in [0.2, 0.25) is 0 Å². The van der Waals surface area contributed by atoms with Crippen molar-refractivity contribution in [1.29, 1.82) is 0 Å². The van der Waals surface area contributed by atoms with Crippen LogP contribution < -0.4 is 9.75 Å². The van der Waals surface area contributed by atoms with Gasteiger partial charge in [0.25, 0.3) is 0 Å². The van der Waals surface area contributed by atoms with Gasteiger partial charge in [0, 0.05) is 6.54 Å². The van der Waals surface area contributed by atoms with E-state index in [1.807, 2.05) is 48.3 Å². The molecule has 0 N–H and O–H groups in total. The Hall–Kier alpha value is -2.36. The number of methoxy groups -OCH3 is 1. The fourth-order valence-corrected chi connectivity index (χ4v) is 1.77. The van der Waals surface area contributed by atoms with E-state index >= 15 is 0 Å². The van der Waals surface area contributed by atoms with Gasteiger partial charge in [-0.3, -0.25) is 0 Å². The first kappa shape index (κ1) is 14.1. The van der Waals surface area contributed by atoms with Gasteiger partial charge in [-0.25, -0.2) is 5.01 Å². The largest absolute Gasteiger partial charge is 0.497 e. The minimum atomic E-state index is 0.767. The molecule has 0 unspecified atom stereocenters. The van der Waals surface area contributed by atoms with Gasteiger partial charge in [0.1, 0.15) is 5.75 Å². The van der Waals surface area contributed by atoms with Crippen LogP contribution in [0, 0.1) is 6.92 Å². The number of rotatable bonds is 5. The molecule has 0 aliphatic rings. The molecule has 0 aliphatic carbocycles. The number of benzene rings is 2. The first-order chi connectivity index (χ1) is 9.72. The zero-order valence-electron chi connectivity index (χ0n) is 12.1. The predicted octanol–water partition coefficient (Wildman–Crippen LogP) is 4.53. The molecule has 20 heavy (non-hydrogen) atoms. The van der Waals surface area contributed by atoms with Gasteiger partial charge in [0.05, 0.1) is 18.5 Å². The summed E-state index contributed by atoms with van der Waals surface area (Å²) in [7, 11) is 1.65. The van der Waals surface area contributed by atoms with Crippen LogP contribution in [0.15, 0.2) is 58.9 Å². The molecule has 2 rings (SSSR count). The summed E-state index contributed by atoms with van der Waals surface area (Å²) in [6.07, 6.45) is 0. The second kappa shape index (κ2) is 6.70. The number of aryl methyl sites for hydroxylation is 1. The smallest absolute Gasteiger partial charge is 0.119 e. The standard InChI is InChI=1S/C16H19N3O/c1-4-19(15-9-5-13(2)6-10-15)18-17-14-7-11-16(20-3)12-8-14/h5-12H,4H2,1-3H3. The van der Waals surface area contributed by atoms with Crippen LogP contribution in [0.1, 0.15) is 12.5 Å². The first-order valence-corrected chi connectivity index (χ1v) is 6.63. The third-order valence-electron chi connectivity index (χ3n) is 2.97. The van der Waals surface area contributed by atoms with Crippen LogP contribution in [0.3, 0.4) is 0 Å². The molecular formula is C16H19N3O. The summed E-state index contributed by atoms with van der Waals surface area (Å²) >= 11 is 0. The molecular weight excluding hydrogens is 250 g/mol. The second-order valence-corrected chi connectivity index (χ2v) is 4.44. The zero-order chi connectivity index (χ0) is 14.4. The highest BCUT2D eigenvalue weighted by Gasteiger charge is 2.02. The van der Waals surface area contributed by atoms with E-state index in [4.69, 9.17) is 4.74 Å². The van der Waals surface area contributed by atoms with Crippen molar-refractivity contribution in [3.05, 3.63) is 54.1 Å². The Bertz CT molecular complexity index is 561. The van der Waals surface area contributed by atoms with Crippen molar-refractivity contribution in [1.82, 2.24) is 0 Å². The van der Waals surface area contributed by atoms with Gasteiger partial charge in [0.15, 0.2) is 0 Å². The third kappa shape index (κ3) is 3.57. The lowest BCUT2D eigenvalue weighted by atomic mass is 10.2. The molecule has 104 valence electrons. The molecule has 4 heteroatoms. The number of nitrogens with zero attached hydrogens (tertiary/aromatic N) is 3. The van der Waals surface area contributed by atoms with E-state index in [1.54, 1.807) is 7.11 Å². The number of ether oxygens (including phenoxy) is 1. The molecule has 0 amide bonds. The predicted molar refractivity (Wildman–Crippen MR) is 81.7 cm³/mol. The molecule has 0 fully saturated rings. The van der Waals surface area contributed by atoms with E-state index < -0.39 is 0 Å². The Morgan fingerprint density at radius 2 is 1.65 bits per heavy atom. The summed E-state index contributed by atoms with van der Waals surface area (Å²) in [5.41, 5.74) is 3.07. The molecule has 0 heterocycles. The maximum Gasteiger partial charge on any atom is 0.119 e. The average molecular weight is 269 g/mol. The fraction of sp³-hybridized carbons (Fsp3) is 0.250. The molecule has 2 aromatic rings. The Balaban J connectivity index is 2.12. The van der Waals surface area contributed by atoms with Crippen molar-refractivity contribution in [2.24, 2.45) is 10.3 Å². The van der Waals surface area contributed by atoms with Gasteiger partial charge >= 0.3 is 0 Å². The van der Waals surface area contributed by atoms with Gasteiger partial charge in [-0.2, -0.15) is 0 Å². The van der Waals surface area contributed by atoms with Crippen LogP contribution in [0.5, 0.6) is 5.75 Å². The van der Waals surface area contributed by atoms with E-state index in [9.17, 15) is 0 Å². The van der Waals surface area contributed by atoms with Gasteiger partial charge in [0.2, 0.25) is 0 Å². The average Bonchev–Trinajstić information content (AvgIpc) is 2.50. The molecule has 0 aromatic heterocycles. The molecule has 0 radical (unpaired) electrons. The molecule has 0 bridgehead atoms. The highest BCUT2D eigenvalue weighted by atomic mass is 16.5. The van der Waals surface area contributed by atoms with Crippen LogP contribution in [-0.2, 0) is 0 Å². The highest BCUT2D eigenvalue weighted by molar-refractivity contribution is 5.47. The topological polar surface area (TPSA) is 37.2 Å². The summed E-state index contributed by atoms with van der Waals surface area (Å²) in [6.45, 7) is 4.88. The van der Waals surface area contributed by atoms with Gasteiger partial charge in [-0.15, -0.1) is 5.11 Å². The summed E-state index contributed by atoms with van der Waals surface area (Å²) in [5, 5.41) is 10.4. The normalized spacial score (nSPS) is 10.8. The highest BCUT2D eigenvalue weighted by Crippen LogP contribution is 2.20. The van der Waals surface area contributed by atoms with Crippen molar-refractivity contribution in [2.75, 3.05) is 18.7 Å². The van der Waals surface area contributed by atoms with Gasteiger partial charge in [-0.1, -0.05) is 22.9 Å². The lowest BCUT2D eigenvalue weighted by Gasteiger charge is -2.15. The Morgan fingerprint density at radius 3 is 2.20 bits per heavy atom. The SMILES string of the molecule is CCN(N=Nc1ccc(OC)cc1)c1ccc(C)cc1. The number of anilines is 1. The quantitative estimate of drug-likeness (QED) is 0.590. The second-order valence-electron chi connectivity index (χ2n) is 4.44. The van der Waals surface area contributed by atoms with Gasteiger partial charge in [-0.05, 0) is 50.2 Å². The summed E-state index contributed by atoms with van der Waals surface area (Å²) in [6, 6.07) is 15.7. The molecule has 0 saturated carbocycles. The van der Waals surface area contributed by atoms with Crippen molar-refractivity contribution < 1.29 is 4.74 Å². The molecule has 0 atom stereocenters. The molecule has 4 nitrogen and oxygen atoms in total. The van der Waals surface area contributed by atoms with Crippen molar-refractivity contribution in [3.63, 3.8) is 0 Å². The minimum absolute atomic E-state index is 0.767. The Labute approximate surface area is 119 Å². The number of hydrogen-bond acceptors (Lipinski definition) is 3. The van der Waals surface area contributed by atoms with E-state index in [0.29, 0.717) is 0 Å². The van der Waals surface area contributed by atoms with E-state index in [0.717, 1.165) is 23.7 Å². The third-order valence-corrected chi connectivity index (χ3v) is 2.97. The lowest BCUT2D eigenvalue weighted by molar-refractivity contribution is 0.415. The van der Waals surface area contributed by atoms with Crippen LogP contribution in [0.25, 0.3) is 0 Å². The van der Waals surface area contributed by atoms with Crippen LogP contribution >= 0.6 is 0 Å². The molecule has 0 aliphatic heterocycles. The number of hydrogen-bond donors (Lipinski definition) is 0. The lowest BCUT2D eigenvalue weighted by Crippen LogP contribution is -2.13. The summed E-state index contributed by atoms with van der Waals surface area (Å²) < 4.78 is 5.11. The fourth-order valence-electron chi connectivity index (χ4n) is 1.77. The van der Waals surface area contributed by atoms with Gasteiger partial charge < -0.3 is 4.74 Å². The maximum atomic E-state index is 5.11. The van der Waals surface area contributed by atoms with Crippen LogP contribution in [0.4, 0.5) is 11.4 Å². The Morgan fingerprint density at radius 1 is 1.00 bits per heavy atom. The van der Waals surface area contributed by atoms with E-state index in [-0.39, 0.29) is 0 Å². The van der Waals surface area contributed by atoms with Crippen molar-refractivity contribution >= 4 is 11.4 Å². The monoisotopic (exact) mass is 269 g/mol. The van der Waals surface area contributed by atoms with E-state index in [2.05, 4.69) is 29.4 Å². The van der Waals surface area contributed by atoms with Crippen molar-refractivity contribution in [3.8, 4) is 5.75 Å². The summed E-state index contributed by atoms with van der Waals surface area (Å²) in [5.74, 6) is 0.815. The first-order valence-electron chi connectivity index (χ1n) is 6.63. The summed E-state index contributed by atoms with van der Waals surface area (Å²) in [4.78, 5) is 0. The van der Waals surface area contributed by atoms with E-state index in [1.165, 1.54) is 5.56 Å². The maximum absolute atomic E-state index is 5.11. The van der Waals surface area contributed by atoms with Crippen molar-refractivity contribution in [2.45, 2.75) is 13.8 Å².